The molecule has 0 aliphatic carbocycles. The number of pyridine rings is 1. The van der Waals surface area contributed by atoms with Crippen LogP contribution in [0.4, 0.5) is 5.82 Å². The predicted molar refractivity (Wildman–Crippen MR) is 59.1 cm³/mol. The molecule has 2 rings (SSSR count). The molecular formula is C10H9N3OS. The van der Waals surface area contributed by atoms with E-state index in [0.29, 0.717) is 11.5 Å². The van der Waals surface area contributed by atoms with Gasteiger partial charge in [0.1, 0.15) is 11.5 Å². The van der Waals surface area contributed by atoms with E-state index < -0.39 is 0 Å². The first-order chi connectivity index (χ1) is 7.29. The van der Waals surface area contributed by atoms with Crippen LogP contribution in [-0.2, 0) is 0 Å². The molecule has 0 spiro atoms. The smallest absolute Gasteiger partial charge is 0.278 e. The number of amides is 1. The molecule has 0 aliphatic heterocycles. The zero-order valence-electron chi connectivity index (χ0n) is 8.12. The highest BCUT2D eigenvalue weighted by Gasteiger charge is 2.15. The first-order valence-electron chi connectivity index (χ1n) is 4.36. The fourth-order valence-electron chi connectivity index (χ4n) is 1.15. The van der Waals surface area contributed by atoms with Gasteiger partial charge >= 0.3 is 0 Å². The van der Waals surface area contributed by atoms with Crippen molar-refractivity contribution >= 4 is 23.1 Å². The van der Waals surface area contributed by atoms with Gasteiger partial charge in [0, 0.05) is 18.6 Å². The van der Waals surface area contributed by atoms with Gasteiger partial charge in [-0.1, -0.05) is 6.07 Å². The molecular weight excluding hydrogens is 210 g/mol. The summed E-state index contributed by atoms with van der Waals surface area (Å²) in [6, 6.07) is 5.43. The summed E-state index contributed by atoms with van der Waals surface area (Å²) in [5, 5.41) is 1.72. The maximum atomic E-state index is 11.8. The van der Waals surface area contributed by atoms with Crippen LogP contribution in [0, 0.1) is 0 Å². The Bertz CT molecular complexity index is 441. The molecule has 0 saturated carbocycles. The van der Waals surface area contributed by atoms with Crippen LogP contribution in [0.15, 0.2) is 35.3 Å². The highest BCUT2D eigenvalue weighted by Crippen LogP contribution is 2.11. The molecule has 0 aromatic carbocycles. The third-order valence-corrected chi connectivity index (χ3v) is 2.54. The average molecular weight is 219 g/mol. The topological polar surface area (TPSA) is 46.1 Å². The minimum absolute atomic E-state index is 0.144. The summed E-state index contributed by atoms with van der Waals surface area (Å²) >= 11 is 1.40. The summed E-state index contributed by atoms with van der Waals surface area (Å²) in [7, 11) is 1.68. The number of anilines is 1. The number of hydrogen-bond donors (Lipinski definition) is 0. The number of nitrogens with zero attached hydrogens (tertiary/aromatic N) is 3. The molecule has 15 heavy (non-hydrogen) atoms. The Hall–Kier alpha value is -1.75. The van der Waals surface area contributed by atoms with Crippen LogP contribution in [0.5, 0.6) is 0 Å². The normalized spacial score (nSPS) is 9.93. The van der Waals surface area contributed by atoms with Crippen molar-refractivity contribution in [3.63, 3.8) is 0 Å². The molecule has 4 nitrogen and oxygen atoms in total. The van der Waals surface area contributed by atoms with Crippen LogP contribution in [0.1, 0.15) is 10.5 Å². The summed E-state index contributed by atoms with van der Waals surface area (Å²) in [5.74, 6) is 0.477. The van der Waals surface area contributed by atoms with Crippen LogP contribution in [0.25, 0.3) is 0 Å². The van der Waals surface area contributed by atoms with E-state index in [1.54, 1.807) is 30.2 Å². The van der Waals surface area contributed by atoms with Crippen molar-refractivity contribution in [2.45, 2.75) is 0 Å². The third-order valence-electron chi connectivity index (χ3n) is 1.95. The van der Waals surface area contributed by atoms with Gasteiger partial charge in [-0.25, -0.2) is 9.97 Å². The van der Waals surface area contributed by atoms with Crippen LogP contribution in [-0.4, -0.2) is 22.9 Å². The number of aromatic nitrogens is 2. The fraction of sp³-hybridized carbons (Fsp3) is 0.100. The SMILES string of the molecule is CN(C(=O)c1cscn1)c1ccccn1. The van der Waals surface area contributed by atoms with Gasteiger partial charge in [-0.05, 0) is 12.1 Å². The lowest BCUT2D eigenvalue weighted by Crippen LogP contribution is -2.27. The Morgan fingerprint density at radius 3 is 2.87 bits per heavy atom. The Morgan fingerprint density at radius 1 is 1.40 bits per heavy atom. The molecule has 2 aromatic heterocycles. The second-order valence-corrected chi connectivity index (χ2v) is 3.64. The van der Waals surface area contributed by atoms with Gasteiger partial charge in [0.05, 0.1) is 5.51 Å². The van der Waals surface area contributed by atoms with Crippen molar-refractivity contribution in [2.75, 3.05) is 11.9 Å². The van der Waals surface area contributed by atoms with E-state index in [1.165, 1.54) is 16.2 Å². The molecule has 1 amide bonds. The van der Waals surface area contributed by atoms with Gasteiger partial charge in [0.2, 0.25) is 0 Å². The second kappa shape index (κ2) is 4.18. The molecule has 0 N–H and O–H groups in total. The van der Waals surface area contributed by atoms with Crippen LogP contribution < -0.4 is 4.90 Å². The molecule has 0 atom stereocenters. The monoisotopic (exact) mass is 219 g/mol. The molecule has 0 bridgehead atoms. The molecule has 0 unspecified atom stereocenters. The Morgan fingerprint density at radius 2 is 2.27 bits per heavy atom. The van der Waals surface area contributed by atoms with Crippen LogP contribution >= 0.6 is 11.3 Å². The van der Waals surface area contributed by atoms with E-state index in [9.17, 15) is 4.79 Å². The highest BCUT2D eigenvalue weighted by molar-refractivity contribution is 7.07. The Kier molecular flexibility index (Phi) is 2.73. The fourth-order valence-corrected chi connectivity index (χ4v) is 1.67. The van der Waals surface area contributed by atoms with Gasteiger partial charge in [-0.2, -0.15) is 0 Å². The molecule has 0 saturated heterocycles. The Balaban J connectivity index is 2.23. The van der Waals surface area contributed by atoms with Gasteiger partial charge < -0.3 is 0 Å². The first kappa shape index (κ1) is 9.79. The second-order valence-electron chi connectivity index (χ2n) is 2.93. The molecule has 76 valence electrons. The first-order valence-corrected chi connectivity index (χ1v) is 5.30. The number of carbonyl (C=O) groups excluding carboxylic acids is 1. The molecule has 2 heterocycles. The molecule has 0 aliphatic rings. The Labute approximate surface area is 91.2 Å². The lowest BCUT2D eigenvalue weighted by atomic mass is 10.4. The van der Waals surface area contributed by atoms with Gasteiger partial charge in [0.25, 0.3) is 5.91 Å². The van der Waals surface area contributed by atoms with E-state index in [1.807, 2.05) is 12.1 Å². The minimum Gasteiger partial charge on any atom is -0.294 e. The summed E-state index contributed by atoms with van der Waals surface area (Å²) in [6.07, 6.45) is 1.65. The van der Waals surface area contributed by atoms with Crippen molar-refractivity contribution in [2.24, 2.45) is 0 Å². The van der Waals surface area contributed by atoms with E-state index >= 15 is 0 Å². The van der Waals surface area contributed by atoms with Crippen LogP contribution in [0.2, 0.25) is 0 Å². The zero-order chi connectivity index (χ0) is 10.7. The molecule has 5 heteroatoms. The lowest BCUT2D eigenvalue weighted by molar-refractivity contribution is 0.0988. The number of hydrogen-bond acceptors (Lipinski definition) is 4. The zero-order valence-corrected chi connectivity index (χ0v) is 8.94. The van der Waals surface area contributed by atoms with Gasteiger partial charge in [-0.3, -0.25) is 9.69 Å². The van der Waals surface area contributed by atoms with E-state index in [4.69, 9.17) is 0 Å². The molecule has 0 radical (unpaired) electrons. The number of carbonyl (C=O) groups is 1. The third kappa shape index (κ3) is 2.02. The predicted octanol–water partition coefficient (Wildman–Crippen LogP) is 1.81. The van der Waals surface area contributed by atoms with Gasteiger partial charge in [0.15, 0.2) is 0 Å². The molecule has 0 fully saturated rings. The van der Waals surface area contributed by atoms with E-state index in [-0.39, 0.29) is 5.91 Å². The molecule has 2 aromatic rings. The average Bonchev–Trinajstić information content (AvgIpc) is 2.82. The maximum absolute atomic E-state index is 11.8. The summed E-state index contributed by atoms with van der Waals surface area (Å²) in [6.45, 7) is 0. The standard InChI is InChI=1S/C10H9N3OS/c1-13(9-4-2-3-5-11-9)10(14)8-6-15-7-12-8/h2-7H,1H3. The minimum atomic E-state index is -0.144. The van der Waals surface area contributed by atoms with Crippen molar-refractivity contribution < 1.29 is 4.79 Å². The summed E-state index contributed by atoms with van der Waals surface area (Å²) in [4.78, 5) is 21.4. The van der Waals surface area contributed by atoms with Crippen molar-refractivity contribution in [3.8, 4) is 0 Å². The number of rotatable bonds is 2. The van der Waals surface area contributed by atoms with Gasteiger partial charge in [-0.15, -0.1) is 11.3 Å². The maximum Gasteiger partial charge on any atom is 0.278 e. The van der Waals surface area contributed by atoms with Crippen molar-refractivity contribution in [3.05, 3.63) is 41.0 Å². The van der Waals surface area contributed by atoms with E-state index in [2.05, 4.69) is 9.97 Å². The van der Waals surface area contributed by atoms with Crippen molar-refractivity contribution in [1.29, 1.82) is 0 Å². The number of thiazole rings is 1. The van der Waals surface area contributed by atoms with Crippen LogP contribution in [0.3, 0.4) is 0 Å². The largest absolute Gasteiger partial charge is 0.294 e. The quantitative estimate of drug-likeness (QED) is 0.774. The summed E-state index contributed by atoms with van der Waals surface area (Å²) < 4.78 is 0. The van der Waals surface area contributed by atoms with E-state index in [0.717, 1.165) is 0 Å². The highest BCUT2D eigenvalue weighted by atomic mass is 32.1. The summed E-state index contributed by atoms with van der Waals surface area (Å²) in [5.41, 5.74) is 2.09. The lowest BCUT2D eigenvalue weighted by Gasteiger charge is -2.14. The van der Waals surface area contributed by atoms with Crippen molar-refractivity contribution in [1.82, 2.24) is 9.97 Å².